The molecular formula is C11H16N4O. The number of rotatable bonds is 2. The molecule has 1 aliphatic carbocycles. The second-order valence-electron chi connectivity index (χ2n) is 3.73. The molecule has 0 spiro atoms. The maximum absolute atomic E-state index is 7.57. The van der Waals surface area contributed by atoms with Gasteiger partial charge in [-0.1, -0.05) is 6.08 Å². The van der Waals surface area contributed by atoms with Gasteiger partial charge in [0.25, 0.3) is 0 Å². The van der Waals surface area contributed by atoms with Gasteiger partial charge in [0.05, 0.1) is 0 Å². The van der Waals surface area contributed by atoms with Crippen LogP contribution in [0.25, 0.3) is 0 Å². The molecule has 0 fully saturated rings. The first-order chi connectivity index (χ1) is 7.70. The fourth-order valence-electron chi connectivity index (χ4n) is 1.63. The van der Waals surface area contributed by atoms with Crippen LogP contribution >= 0.6 is 0 Å². The average Bonchev–Trinajstić information content (AvgIpc) is 2.50. The molecule has 0 amide bonds. The summed E-state index contributed by atoms with van der Waals surface area (Å²) in [6.07, 6.45) is 6.78. The summed E-state index contributed by atoms with van der Waals surface area (Å²) in [5.41, 5.74) is 7.29. The van der Waals surface area contributed by atoms with Crippen molar-refractivity contribution in [2.45, 2.75) is 26.1 Å². The van der Waals surface area contributed by atoms with Crippen LogP contribution in [-0.2, 0) is 4.74 Å². The van der Waals surface area contributed by atoms with Crippen LogP contribution in [-0.4, -0.2) is 29.5 Å². The number of nitrogens with zero attached hydrogens (tertiary/aromatic N) is 2. The molecule has 3 N–H and O–H groups in total. The quantitative estimate of drug-likeness (QED) is 0.734. The summed E-state index contributed by atoms with van der Waals surface area (Å²) in [6.45, 7) is 2.69. The van der Waals surface area contributed by atoms with Gasteiger partial charge >= 0.3 is 0 Å². The van der Waals surface area contributed by atoms with Crippen LogP contribution in [0.1, 0.15) is 19.8 Å². The van der Waals surface area contributed by atoms with Crippen molar-refractivity contribution < 1.29 is 4.74 Å². The van der Waals surface area contributed by atoms with Gasteiger partial charge in [0.15, 0.2) is 0 Å². The highest BCUT2D eigenvalue weighted by atomic mass is 16.5. The van der Waals surface area contributed by atoms with Crippen molar-refractivity contribution in [3.8, 4) is 0 Å². The molecule has 5 heteroatoms. The van der Waals surface area contributed by atoms with Crippen LogP contribution in [0, 0.1) is 5.41 Å². The van der Waals surface area contributed by atoms with E-state index in [2.05, 4.69) is 5.10 Å². The topological polar surface area (TPSA) is 74.7 Å². The van der Waals surface area contributed by atoms with Gasteiger partial charge in [-0.2, -0.15) is 0 Å². The Morgan fingerprint density at radius 1 is 1.62 bits per heavy atom. The lowest BCUT2D eigenvalue weighted by Gasteiger charge is -2.14. The van der Waals surface area contributed by atoms with E-state index in [1.54, 1.807) is 11.1 Å². The van der Waals surface area contributed by atoms with Crippen molar-refractivity contribution in [1.29, 1.82) is 5.41 Å². The predicted octanol–water partition coefficient (Wildman–Crippen LogP) is 1.19. The second-order valence-corrected chi connectivity index (χ2v) is 3.73. The van der Waals surface area contributed by atoms with Crippen molar-refractivity contribution in [3.63, 3.8) is 0 Å². The first kappa shape index (κ1) is 10.9. The molecule has 0 saturated heterocycles. The number of allylic oxidation sites excluding steroid dienone is 2. The van der Waals surface area contributed by atoms with Gasteiger partial charge in [-0.25, -0.2) is 5.01 Å². The zero-order valence-electron chi connectivity index (χ0n) is 9.31. The van der Waals surface area contributed by atoms with Crippen molar-refractivity contribution in [2.24, 2.45) is 10.8 Å². The lowest BCUT2D eigenvalue weighted by Crippen LogP contribution is -2.36. The van der Waals surface area contributed by atoms with E-state index < -0.39 is 6.35 Å². The fourth-order valence-corrected chi connectivity index (χ4v) is 1.63. The van der Waals surface area contributed by atoms with Crippen molar-refractivity contribution in [1.82, 2.24) is 5.01 Å². The second kappa shape index (κ2) is 4.49. The Kier molecular flexibility index (Phi) is 3.05. The summed E-state index contributed by atoms with van der Waals surface area (Å²) in [6, 6.07) is 0. The molecule has 2 aliphatic rings. The number of ether oxygens (including phenoxy) is 1. The van der Waals surface area contributed by atoms with Crippen LogP contribution in [0.4, 0.5) is 0 Å². The summed E-state index contributed by atoms with van der Waals surface area (Å²) in [4.78, 5) is 0. The summed E-state index contributed by atoms with van der Waals surface area (Å²) >= 11 is 0. The zero-order valence-corrected chi connectivity index (χ0v) is 9.31. The van der Waals surface area contributed by atoms with E-state index >= 15 is 0 Å². The molecule has 5 nitrogen and oxygen atoms in total. The molecule has 0 bridgehead atoms. The smallest absolute Gasteiger partial charge is 0.244 e. The predicted molar refractivity (Wildman–Crippen MR) is 63.1 cm³/mol. The van der Waals surface area contributed by atoms with E-state index in [-0.39, 0.29) is 0 Å². The number of hydrazone groups is 1. The summed E-state index contributed by atoms with van der Waals surface area (Å²) in [7, 11) is 0. The van der Waals surface area contributed by atoms with E-state index in [4.69, 9.17) is 15.9 Å². The molecule has 86 valence electrons. The number of nitrogens with one attached hydrogen (secondary N) is 1. The number of hydrogen-bond acceptors (Lipinski definition) is 5. The monoisotopic (exact) mass is 220 g/mol. The standard InChI is InChI=1S/C11H16N4O/c1-2-15-11(13)16-10(14-15)8-4-3-5-9(12)7-6-8/h4,6-7,11-12H,2-3,5,13H2,1H3. The minimum atomic E-state index is -0.489. The Morgan fingerprint density at radius 3 is 3.12 bits per heavy atom. The first-order valence-electron chi connectivity index (χ1n) is 5.44. The molecule has 1 atom stereocenters. The Bertz CT molecular complexity index is 383. The Balaban J connectivity index is 2.16. The highest BCUT2D eigenvalue weighted by Crippen LogP contribution is 2.17. The molecular weight excluding hydrogens is 204 g/mol. The largest absolute Gasteiger partial charge is 0.437 e. The molecule has 0 aromatic rings. The summed E-state index contributed by atoms with van der Waals surface area (Å²) in [5, 5.41) is 13.6. The van der Waals surface area contributed by atoms with Crippen LogP contribution in [0.2, 0.25) is 0 Å². The van der Waals surface area contributed by atoms with Gasteiger partial charge < -0.3 is 10.1 Å². The van der Waals surface area contributed by atoms with Gasteiger partial charge in [0.1, 0.15) is 0 Å². The van der Waals surface area contributed by atoms with Crippen molar-refractivity contribution >= 4 is 11.6 Å². The van der Waals surface area contributed by atoms with Crippen LogP contribution in [0.15, 0.2) is 28.9 Å². The fraction of sp³-hybridized carbons (Fsp3) is 0.455. The third kappa shape index (κ3) is 2.14. The number of nitrogens with two attached hydrogens (primary N) is 1. The van der Waals surface area contributed by atoms with Crippen molar-refractivity contribution in [2.75, 3.05) is 6.54 Å². The van der Waals surface area contributed by atoms with Gasteiger partial charge in [-0.15, -0.1) is 5.10 Å². The minimum Gasteiger partial charge on any atom is -0.437 e. The van der Waals surface area contributed by atoms with Gasteiger partial charge in [0.2, 0.25) is 12.2 Å². The van der Waals surface area contributed by atoms with E-state index in [1.165, 1.54) is 0 Å². The zero-order chi connectivity index (χ0) is 11.5. The third-order valence-electron chi connectivity index (χ3n) is 2.56. The van der Waals surface area contributed by atoms with Gasteiger partial charge in [-0.3, -0.25) is 5.73 Å². The molecule has 1 aliphatic heterocycles. The maximum atomic E-state index is 7.57. The molecule has 0 radical (unpaired) electrons. The number of hydrogen-bond donors (Lipinski definition) is 2. The molecule has 0 saturated carbocycles. The first-order valence-corrected chi connectivity index (χ1v) is 5.44. The lowest BCUT2D eigenvalue weighted by atomic mass is 10.2. The lowest BCUT2D eigenvalue weighted by molar-refractivity contribution is 0.0674. The van der Waals surface area contributed by atoms with Crippen LogP contribution < -0.4 is 5.73 Å². The Hall–Kier alpha value is -1.62. The third-order valence-corrected chi connectivity index (χ3v) is 2.56. The SMILES string of the molecule is CCN1N=C(C2=CCCC(=N)C=C2)OC1N. The van der Waals surface area contributed by atoms with Gasteiger partial charge in [0, 0.05) is 17.8 Å². The molecule has 2 rings (SSSR count). The van der Waals surface area contributed by atoms with Crippen LogP contribution in [0.3, 0.4) is 0 Å². The molecule has 16 heavy (non-hydrogen) atoms. The molecule has 1 heterocycles. The summed E-state index contributed by atoms with van der Waals surface area (Å²) in [5.74, 6) is 0.556. The van der Waals surface area contributed by atoms with Gasteiger partial charge in [-0.05, 0) is 31.9 Å². The minimum absolute atomic E-state index is 0.489. The molecule has 0 aromatic carbocycles. The normalized spacial score (nSPS) is 25.0. The molecule has 0 aromatic heterocycles. The van der Waals surface area contributed by atoms with E-state index in [1.807, 2.05) is 19.1 Å². The Labute approximate surface area is 94.8 Å². The highest BCUT2D eigenvalue weighted by Gasteiger charge is 2.24. The Morgan fingerprint density at radius 2 is 2.44 bits per heavy atom. The summed E-state index contributed by atoms with van der Waals surface area (Å²) < 4.78 is 5.46. The van der Waals surface area contributed by atoms with Crippen LogP contribution in [0.5, 0.6) is 0 Å². The van der Waals surface area contributed by atoms with Crippen molar-refractivity contribution in [3.05, 3.63) is 23.8 Å². The maximum Gasteiger partial charge on any atom is 0.244 e. The highest BCUT2D eigenvalue weighted by molar-refractivity contribution is 6.01. The van der Waals surface area contributed by atoms with E-state index in [0.717, 1.165) is 25.0 Å². The van der Waals surface area contributed by atoms with E-state index in [9.17, 15) is 0 Å². The van der Waals surface area contributed by atoms with E-state index in [0.29, 0.717) is 11.6 Å². The molecule has 1 unspecified atom stereocenters. The average molecular weight is 220 g/mol.